The van der Waals surface area contributed by atoms with E-state index in [0.717, 1.165) is 17.1 Å². The van der Waals surface area contributed by atoms with Crippen LogP contribution in [-0.2, 0) is 13.1 Å². The van der Waals surface area contributed by atoms with Crippen LogP contribution in [0, 0.1) is 26.6 Å². The number of rotatable bonds is 6. The Morgan fingerprint density at radius 1 is 1.03 bits per heavy atom. The lowest BCUT2D eigenvalue weighted by molar-refractivity contribution is 0.579. The quantitative estimate of drug-likeness (QED) is 0.345. The molecule has 0 aliphatic heterocycles. The van der Waals surface area contributed by atoms with Crippen LogP contribution in [-0.4, -0.2) is 24.7 Å². The molecule has 0 spiro atoms. The smallest absolute Gasteiger partial charge is 0.176 e. The molecule has 2 aromatic carbocycles. The summed E-state index contributed by atoms with van der Waals surface area (Å²) in [7, 11) is 0. The zero-order chi connectivity index (χ0) is 23.5. The summed E-state index contributed by atoms with van der Waals surface area (Å²) in [4.78, 5) is 0. The summed E-state index contributed by atoms with van der Waals surface area (Å²) in [6.07, 6.45) is 1.90. The number of nitrogens with one attached hydrogen (secondary N) is 2. The van der Waals surface area contributed by atoms with Crippen molar-refractivity contribution in [3.05, 3.63) is 93.6 Å². The normalized spacial score (nSPS) is 10.9. The lowest BCUT2D eigenvalue weighted by atomic mass is 10.1. The summed E-state index contributed by atoms with van der Waals surface area (Å²) in [5, 5.41) is 16.1. The standard InChI is InChI=1S/C24H24ClFN6S/c1-15-6-4-7-18(12-15)13-31-11-10-22(30-31)27-24(33)28-23-16(2)29-32(17(23)3)14-19-20(25)8-5-9-21(19)26/h4-12H,13-14H2,1-3H3,(H2,27,28,30,33). The number of nitrogens with zero attached hydrogens (tertiary/aromatic N) is 4. The minimum absolute atomic E-state index is 0.226. The van der Waals surface area contributed by atoms with Crippen molar-refractivity contribution in [1.82, 2.24) is 19.6 Å². The predicted octanol–water partition coefficient (Wildman–Crippen LogP) is 5.70. The second-order valence-corrected chi connectivity index (χ2v) is 8.69. The van der Waals surface area contributed by atoms with Crippen molar-refractivity contribution < 1.29 is 4.39 Å². The van der Waals surface area contributed by atoms with Gasteiger partial charge >= 0.3 is 0 Å². The predicted molar refractivity (Wildman–Crippen MR) is 135 cm³/mol. The SMILES string of the molecule is Cc1cccc(Cn2ccc(NC(=S)Nc3c(C)nn(Cc4c(F)cccc4Cl)c3C)n2)c1. The van der Waals surface area contributed by atoms with Crippen molar-refractivity contribution in [2.45, 2.75) is 33.9 Å². The molecule has 0 fully saturated rings. The van der Waals surface area contributed by atoms with E-state index in [-0.39, 0.29) is 12.4 Å². The number of aromatic nitrogens is 4. The number of thiocarbonyl (C=S) groups is 1. The van der Waals surface area contributed by atoms with Crippen LogP contribution in [0.3, 0.4) is 0 Å². The second-order valence-electron chi connectivity index (χ2n) is 7.87. The Kier molecular flexibility index (Phi) is 6.76. The summed E-state index contributed by atoms with van der Waals surface area (Å²) in [6, 6.07) is 14.8. The lowest BCUT2D eigenvalue weighted by Crippen LogP contribution is -2.20. The van der Waals surface area contributed by atoms with E-state index in [0.29, 0.717) is 28.1 Å². The molecule has 6 nitrogen and oxygen atoms in total. The summed E-state index contributed by atoms with van der Waals surface area (Å²) in [5.41, 5.74) is 5.12. The van der Waals surface area contributed by atoms with Gasteiger partial charge in [0.15, 0.2) is 10.9 Å². The average Bonchev–Trinajstić information content (AvgIpc) is 3.29. The fourth-order valence-corrected chi connectivity index (χ4v) is 4.07. The summed E-state index contributed by atoms with van der Waals surface area (Å²) in [6.45, 7) is 6.74. The molecule has 0 saturated heterocycles. The molecule has 0 aliphatic rings. The minimum atomic E-state index is -0.358. The van der Waals surface area contributed by atoms with Crippen LogP contribution in [0.2, 0.25) is 5.02 Å². The van der Waals surface area contributed by atoms with Crippen molar-refractivity contribution in [3.8, 4) is 0 Å². The van der Waals surface area contributed by atoms with Gasteiger partial charge in [-0.15, -0.1) is 0 Å². The minimum Gasteiger partial charge on any atom is -0.329 e. The fraction of sp³-hybridized carbons (Fsp3) is 0.208. The third-order valence-electron chi connectivity index (χ3n) is 5.30. The number of hydrogen-bond acceptors (Lipinski definition) is 3. The van der Waals surface area contributed by atoms with Crippen molar-refractivity contribution >= 4 is 40.4 Å². The van der Waals surface area contributed by atoms with Gasteiger partial charge in [-0.25, -0.2) is 4.39 Å². The van der Waals surface area contributed by atoms with Gasteiger partial charge in [-0.3, -0.25) is 9.36 Å². The highest BCUT2D eigenvalue weighted by molar-refractivity contribution is 7.80. The third-order valence-corrected chi connectivity index (χ3v) is 5.86. The first-order chi connectivity index (χ1) is 15.8. The van der Waals surface area contributed by atoms with Crippen LogP contribution in [0.15, 0.2) is 54.7 Å². The van der Waals surface area contributed by atoms with Crippen LogP contribution in [0.4, 0.5) is 15.9 Å². The van der Waals surface area contributed by atoms with Crippen molar-refractivity contribution in [3.63, 3.8) is 0 Å². The molecule has 2 heterocycles. The Morgan fingerprint density at radius 2 is 1.82 bits per heavy atom. The molecular formula is C24H24ClFN6S. The summed E-state index contributed by atoms with van der Waals surface area (Å²) < 4.78 is 17.8. The maximum Gasteiger partial charge on any atom is 0.176 e. The molecular weight excluding hydrogens is 459 g/mol. The van der Waals surface area contributed by atoms with Crippen LogP contribution in [0.25, 0.3) is 0 Å². The van der Waals surface area contributed by atoms with E-state index < -0.39 is 0 Å². The van der Waals surface area contributed by atoms with Gasteiger partial charge in [0.05, 0.1) is 30.2 Å². The lowest BCUT2D eigenvalue weighted by Gasteiger charge is -2.11. The molecule has 0 aliphatic carbocycles. The molecule has 0 saturated carbocycles. The van der Waals surface area contributed by atoms with Crippen LogP contribution in [0.5, 0.6) is 0 Å². The second kappa shape index (κ2) is 9.72. The maximum atomic E-state index is 14.2. The molecule has 0 unspecified atom stereocenters. The van der Waals surface area contributed by atoms with E-state index in [1.165, 1.54) is 17.2 Å². The molecule has 170 valence electrons. The Bertz CT molecular complexity index is 1290. The summed E-state index contributed by atoms with van der Waals surface area (Å²) in [5.74, 6) is 0.281. The monoisotopic (exact) mass is 482 g/mol. The van der Waals surface area contributed by atoms with Crippen molar-refractivity contribution in [2.75, 3.05) is 10.6 Å². The Morgan fingerprint density at radius 3 is 2.58 bits per heavy atom. The number of benzene rings is 2. The molecule has 0 atom stereocenters. The van der Waals surface area contributed by atoms with Gasteiger partial charge in [0.25, 0.3) is 0 Å². The van der Waals surface area contributed by atoms with E-state index in [1.807, 2.05) is 36.9 Å². The highest BCUT2D eigenvalue weighted by Gasteiger charge is 2.16. The van der Waals surface area contributed by atoms with Gasteiger partial charge in [0.1, 0.15) is 5.82 Å². The van der Waals surface area contributed by atoms with Gasteiger partial charge in [-0.05, 0) is 50.7 Å². The van der Waals surface area contributed by atoms with E-state index in [4.69, 9.17) is 23.8 Å². The molecule has 4 rings (SSSR count). The largest absolute Gasteiger partial charge is 0.329 e. The molecule has 0 radical (unpaired) electrons. The molecule has 0 bridgehead atoms. The first kappa shape index (κ1) is 22.9. The third kappa shape index (κ3) is 5.40. The zero-order valence-corrected chi connectivity index (χ0v) is 20.1. The average molecular weight is 483 g/mol. The number of anilines is 2. The molecule has 0 amide bonds. The fourth-order valence-electron chi connectivity index (χ4n) is 3.64. The Balaban J connectivity index is 1.42. The van der Waals surface area contributed by atoms with E-state index in [2.05, 4.69) is 46.0 Å². The highest BCUT2D eigenvalue weighted by Crippen LogP contribution is 2.24. The Labute approximate surface area is 202 Å². The zero-order valence-electron chi connectivity index (χ0n) is 18.6. The molecule has 9 heteroatoms. The number of aryl methyl sites for hydroxylation is 2. The summed E-state index contributed by atoms with van der Waals surface area (Å²) >= 11 is 11.7. The molecule has 4 aromatic rings. The van der Waals surface area contributed by atoms with Crippen LogP contribution in [0.1, 0.15) is 28.1 Å². The first-order valence-corrected chi connectivity index (χ1v) is 11.2. The number of hydrogen-bond donors (Lipinski definition) is 2. The molecule has 2 N–H and O–H groups in total. The maximum absolute atomic E-state index is 14.2. The highest BCUT2D eigenvalue weighted by atomic mass is 35.5. The van der Waals surface area contributed by atoms with Gasteiger partial charge in [-0.1, -0.05) is 47.5 Å². The van der Waals surface area contributed by atoms with Crippen LogP contribution < -0.4 is 10.6 Å². The molecule has 33 heavy (non-hydrogen) atoms. The topological polar surface area (TPSA) is 59.7 Å². The van der Waals surface area contributed by atoms with Gasteiger partial charge < -0.3 is 10.6 Å². The Hall–Kier alpha value is -3.23. The van der Waals surface area contributed by atoms with E-state index in [1.54, 1.807) is 16.8 Å². The van der Waals surface area contributed by atoms with Gasteiger partial charge in [-0.2, -0.15) is 10.2 Å². The van der Waals surface area contributed by atoms with E-state index >= 15 is 0 Å². The molecule has 2 aromatic heterocycles. The number of halogens is 2. The van der Waals surface area contributed by atoms with Crippen LogP contribution >= 0.6 is 23.8 Å². The van der Waals surface area contributed by atoms with Crippen molar-refractivity contribution in [1.29, 1.82) is 0 Å². The first-order valence-electron chi connectivity index (χ1n) is 10.4. The van der Waals surface area contributed by atoms with Gasteiger partial charge in [0.2, 0.25) is 0 Å². The van der Waals surface area contributed by atoms with E-state index in [9.17, 15) is 4.39 Å². The van der Waals surface area contributed by atoms with Gasteiger partial charge in [0, 0.05) is 22.8 Å². The van der Waals surface area contributed by atoms with Crippen molar-refractivity contribution in [2.24, 2.45) is 0 Å².